The van der Waals surface area contributed by atoms with E-state index in [9.17, 15) is 14.5 Å². The molecule has 0 atom stereocenters. The van der Waals surface area contributed by atoms with Crippen molar-refractivity contribution in [3.8, 4) is 0 Å². The molecule has 0 saturated carbocycles. The number of nitrogens with zero attached hydrogens (tertiary/aromatic N) is 6. The zero-order valence-electron chi connectivity index (χ0n) is 17.2. The van der Waals surface area contributed by atoms with Crippen LogP contribution in [0.3, 0.4) is 0 Å². The zero-order chi connectivity index (χ0) is 21.1. The molecule has 0 bridgehead atoms. The zero-order valence-corrected chi connectivity index (χ0v) is 20.3. The average Bonchev–Trinajstić information content (AvgIpc) is 2.68. The van der Waals surface area contributed by atoms with Gasteiger partial charge in [-0.25, -0.2) is 0 Å². The Hall–Kier alpha value is -1.59. The van der Waals surface area contributed by atoms with E-state index >= 15 is 0 Å². The number of amides is 2. The van der Waals surface area contributed by atoms with Gasteiger partial charge in [0.05, 0.1) is 5.16 Å². The smallest absolute Gasteiger partial charge is 0.353 e. The van der Waals surface area contributed by atoms with E-state index in [1.54, 1.807) is 27.7 Å². The molecule has 0 heterocycles. The fourth-order valence-corrected chi connectivity index (χ4v) is 1.52. The Morgan fingerprint density at radius 2 is 1.26 bits per heavy atom. The molecule has 0 rings (SSSR count). The number of hydrogen-bond donors (Lipinski definition) is 1. The minimum Gasteiger partial charge on any atom is -0.353 e. The van der Waals surface area contributed by atoms with Gasteiger partial charge in [-0.05, 0) is 27.7 Å². The Bertz CT molecular complexity index is 595. The maximum atomic E-state index is 11.2. The van der Waals surface area contributed by atoms with Crippen LogP contribution in [0, 0.1) is 18.1 Å². The van der Waals surface area contributed by atoms with Crippen molar-refractivity contribution in [2.24, 2.45) is 5.16 Å². The number of likely N-dealkylation sites (N-methyl/N-ethyl adjacent to an activating group) is 2. The maximum Gasteiger partial charge on any atom is 1.00 e. The summed E-state index contributed by atoms with van der Waals surface area (Å²) in [6.45, 7) is 26.1. The molecule has 0 aliphatic carbocycles. The molecule has 11 heteroatoms. The topological polar surface area (TPSA) is 113 Å². The first kappa shape index (κ1) is 33.0. The molecule has 0 aromatic rings. The van der Waals surface area contributed by atoms with Crippen LogP contribution in [0.4, 0.5) is 0 Å². The van der Waals surface area contributed by atoms with E-state index in [0.29, 0.717) is 26.2 Å². The summed E-state index contributed by atoms with van der Waals surface area (Å²) in [6.07, 6.45) is 0. The van der Waals surface area contributed by atoms with Gasteiger partial charge in [-0.1, -0.05) is 20.4 Å². The SMILES string of the molecule is CC.[C-]#[N+]/C(=N\O)C(=O)N(CC)CC.[C-]#[N+]C(=[N+]=O)C(=O)N(CC)CC.[K+]. The number of hydrogen-bond acceptors (Lipinski definition) is 5. The molecule has 0 aliphatic rings. The summed E-state index contributed by atoms with van der Waals surface area (Å²) >= 11 is 0. The summed E-state index contributed by atoms with van der Waals surface area (Å²) < 4.78 is 0. The van der Waals surface area contributed by atoms with Crippen LogP contribution in [0.2, 0.25) is 0 Å². The van der Waals surface area contributed by atoms with Crippen LogP contribution < -0.4 is 56.2 Å². The molecule has 0 unspecified atom stereocenters. The Kier molecular flexibility index (Phi) is 27.5. The van der Waals surface area contributed by atoms with Crippen LogP contribution in [0.5, 0.6) is 0 Å². The molecule has 144 valence electrons. The molecule has 0 aromatic heterocycles. The number of amidine groups is 2. The molecule has 0 fully saturated rings. The largest absolute Gasteiger partial charge is 1.00 e. The second-order valence-corrected chi connectivity index (χ2v) is 4.02. The Labute approximate surface area is 203 Å². The van der Waals surface area contributed by atoms with Gasteiger partial charge in [0.25, 0.3) is 5.91 Å². The molecule has 0 spiro atoms. The van der Waals surface area contributed by atoms with Crippen LogP contribution in [0.1, 0.15) is 41.5 Å². The Morgan fingerprint density at radius 3 is 1.48 bits per heavy atom. The van der Waals surface area contributed by atoms with Gasteiger partial charge in [0.15, 0.2) is 0 Å². The molecule has 27 heavy (non-hydrogen) atoms. The van der Waals surface area contributed by atoms with E-state index in [0.717, 1.165) is 0 Å². The van der Waals surface area contributed by atoms with E-state index in [4.69, 9.17) is 18.4 Å². The molecule has 10 nitrogen and oxygen atoms in total. The molecular weight excluding hydrogens is 379 g/mol. The van der Waals surface area contributed by atoms with Crippen molar-refractivity contribution >= 4 is 23.5 Å². The van der Waals surface area contributed by atoms with Gasteiger partial charge in [0.1, 0.15) is 11.5 Å². The van der Waals surface area contributed by atoms with Crippen LogP contribution in [-0.4, -0.2) is 64.7 Å². The molecule has 1 N–H and O–H groups in total. The first-order chi connectivity index (χ1) is 12.4. The van der Waals surface area contributed by atoms with E-state index in [-0.39, 0.29) is 51.4 Å². The predicted octanol–water partition coefficient (Wildman–Crippen LogP) is -1.40. The monoisotopic (exact) mass is 406 g/mol. The predicted molar refractivity (Wildman–Crippen MR) is 100 cm³/mol. The van der Waals surface area contributed by atoms with Crippen molar-refractivity contribution in [3.63, 3.8) is 0 Å². The van der Waals surface area contributed by atoms with Gasteiger partial charge in [0.2, 0.25) is 4.85 Å². The van der Waals surface area contributed by atoms with Gasteiger partial charge < -0.3 is 19.9 Å². The second kappa shape index (κ2) is 22.4. The second-order valence-electron chi connectivity index (χ2n) is 4.02. The minimum absolute atomic E-state index is 0. The van der Waals surface area contributed by atoms with Crippen molar-refractivity contribution < 1.29 is 66.2 Å². The van der Waals surface area contributed by atoms with Crippen LogP contribution in [-0.2, 0) is 9.59 Å². The molecule has 0 saturated heterocycles. The van der Waals surface area contributed by atoms with Crippen molar-refractivity contribution in [2.75, 3.05) is 26.2 Å². The summed E-state index contributed by atoms with van der Waals surface area (Å²) in [7, 11) is 0. The molecule has 0 aliphatic heterocycles. The quantitative estimate of drug-likeness (QED) is 0.118. The van der Waals surface area contributed by atoms with Crippen molar-refractivity contribution in [2.45, 2.75) is 41.5 Å². The number of carbonyl (C=O) groups excluding carboxylic acids is 2. The van der Waals surface area contributed by atoms with E-state index in [1.165, 1.54) is 9.80 Å². The Balaban J connectivity index is -0.000000173. The van der Waals surface area contributed by atoms with E-state index in [2.05, 4.69) is 19.7 Å². The number of carbonyl (C=O) groups is 2. The first-order valence-corrected chi connectivity index (χ1v) is 8.17. The number of nitroso groups, excluding NO2 is 1. The van der Waals surface area contributed by atoms with Crippen molar-refractivity contribution in [1.29, 1.82) is 0 Å². The minimum atomic E-state index is -0.598. The molecular formula is C16H27KN6O4+2. The number of rotatable bonds is 4. The fraction of sp³-hybridized carbons (Fsp3) is 0.625. The number of oxime groups is 1. The third-order valence-electron chi connectivity index (χ3n) is 2.88. The standard InChI is InChI=1S/C7H11N3O2.C7H10N3O2.C2H6.K/c2*1-4-10(5-2)7(11)6(8-3)9-12;1-2;/h12H,4-5H2,1-2H3;4-5H2,1-2H3;1-2H3;/q;+1;;+1/b9-6-;;;. The summed E-state index contributed by atoms with van der Waals surface area (Å²) in [4.78, 5) is 42.9. The summed E-state index contributed by atoms with van der Waals surface area (Å²) in [6, 6.07) is 0. The van der Waals surface area contributed by atoms with Crippen LogP contribution in [0.25, 0.3) is 9.69 Å². The normalized spacial score (nSPS) is 8.52. The van der Waals surface area contributed by atoms with Gasteiger partial charge in [-0.3, -0.25) is 9.59 Å². The van der Waals surface area contributed by atoms with Gasteiger partial charge >= 0.3 is 69.0 Å². The first-order valence-electron chi connectivity index (χ1n) is 8.17. The summed E-state index contributed by atoms with van der Waals surface area (Å²) in [5.74, 6) is -2.21. The third-order valence-corrected chi connectivity index (χ3v) is 2.88. The van der Waals surface area contributed by atoms with E-state index in [1.807, 2.05) is 13.8 Å². The fourth-order valence-electron chi connectivity index (χ4n) is 1.52. The molecule has 2 amide bonds. The third kappa shape index (κ3) is 13.3. The maximum absolute atomic E-state index is 11.2. The Morgan fingerprint density at radius 1 is 0.889 bits per heavy atom. The van der Waals surface area contributed by atoms with Crippen molar-refractivity contribution in [1.82, 2.24) is 14.7 Å². The van der Waals surface area contributed by atoms with E-state index < -0.39 is 23.5 Å². The van der Waals surface area contributed by atoms with Crippen molar-refractivity contribution in [3.05, 3.63) is 27.7 Å². The van der Waals surface area contributed by atoms with Gasteiger partial charge in [0, 0.05) is 26.2 Å². The summed E-state index contributed by atoms with van der Waals surface area (Å²) in [5, 5.41) is 10.9. The average molecular weight is 407 g/mol. The molecule has 0 radical (unpaired) electrons. The van der Waals surface area contributed by atoms with Gasteiger partial charge in [-0.2, -0.15) is 0 Å². The summed E-state index contributed by atoms with van der Waals surface area (Å²) in [5.41, 5.74) is 0. The van der Waals surface area contributed by atoms with Crippen LogP contribution >= 0.6 is 0 Å². The van der Waals surface area contributed by atoms with Crippen LogP contribution in [0.15, 0.2) is 5.16 Å². The van der Waals surface area contributed by atoms with Gasteiger partial charge in [-0.15, -0.1) is 4.85 Å². The molecule has 0 aromatic carbocycles.